The minimum absolute atomic E-state index is 0.321. The van der Waals surface area contributed by atoms with Crippen LogP contribution in [0.1, 0.15) is 5.56 Å². The molecule has 3 rings (SSSR count). The minimum Gasteiger partial charge on any atom is -0.383 e. The van der Waals surface area contributed by atoms with Crippen LogP contribution in [0.5, 0.6) is 0 Å². The topological polar surface area (TPSA) is 84.7 Å². The highest BCUT2D eigenvalue weighted by Gasteiger charge is 2.11. The number of nitrogen functional groups attached to an aromatic ring is 1. The second kappa shape index (κ2) is 4.66. The molecule has 0 aliphatic carbocycles. The van der Waals surface area contributed by atoms with Gasteiger partial charge < -0.3 is 10.7 Å². The van der Waals surface area contributed by atoms with Crippen molar-refractivity contribution < 1.29 is 4.21 Å². The van der Waals surface area contributed by atoms with E-state index in [0.717, 1.165) is 16.6 Å². The van der Waals surface area contributed by atoms with Crippen LogP contribution in [0.25, 0.3) is 22.4 Å². The number of para-hydroxylation sites is 2. The van der Waals surface area contributed by atoms with E-state index in [1.807, 2.05) is 24.3 Å². The summed E-state index contributed by atoms with van der Waals surface area (Å²) in [5.74, 6) is 0.997. The van der Waals surface area contributed by atoms with Gasteiger partial charge in [-0.25, -0.2) is 14.2 Å². The summed E-state index contributed by atoms with van der Waals surface area (Å²) >= 11 is 0.348. The molecular formula is C13H10N4OS. The molecule has 5 nitrogen and oxygen atoms in total. The van der Waals surface area contributed by atoms with Gasteiger partial charge in [0.2, 0.25) is 0 Å². The Morgan fingerprint density at radius 3 is 2.89 bits per heavy atom. The Hall–Kier alpha value is -2.47. The molecule has 19 heavy (non-hydrogen) atoms. The smallest absolute Gasteiger partial charge is 0.139 e. The Labute approximate surface area is 112 Å². The number of aromatic amines is 1. The number of nitrogens with two attached hydrogens (primary N) is 1. The van der Waals surface area contributed by atoms with E-state index in [4.69, 9.17) is 5.73 Å². The lowest BCUT2D eigenvalue weighted by molar-refractivity contribution is 0.701. The van der Waals surface area contributed by atoms with Crippen LogP contribution in [0.15, 0.2) is 36.5 Å². The van der Waals surface area contributed by atoms with E-state index in [1.165, 1.54) is 5.37 Å². The standard InChI is InChI=1S/C13H10N4OS/c14-12-9(7-19-18)8(5-6-15-12)13-16-10-3-1-2-4-11(10)17-13/h1-7H,(H2,14,15)(H,16,17). The predicted octanol–water partition coefficient (Wildman–Crippen LogP) is 1.57. The molecule has 0 radical (unpaired) electrons. The van der Waals surface area contributed by atoms with Gasteiger partial charge in [-0.1, -0.05) is 12.1 Å². The number of H-pyrrole nitrogens is 1. The van der Waals surface area contributed by atoms with Crippen molar-refractivity contribution in [2.75, 3.05) is 5.73 Å². The van der Waals surface area contributed by atoms with Gasteiger partial charge in [0, 0.05) is 22.7 Å². The lowest BCUT2D eigenvalue weighted by Crippen LogP contribution is -1.99. The summed E-state index contributed by atoms with van der Waals surface area (Å²) in [6, 6.07) is 9.52. The summed E-state index contributed by atoms with van der Waals surface area (Å²) in [5.41, 5.74) is 8.98. The van der Waals surface area contributed by atoms with E-state index in [2.05, 4.69) is 15.0 Å². The third-order valence-corrected chi connectivity index (χ3v) is 3.16. The van der Waals surface area contributed by atoms with E-state index >= 15 is 0 Å². The van der Waals surface area contributed by atoms with Crippen molar-refractivity contribution in [2.45, 2.75) is 0 Å². The van der Waals surface area contributed by atoms with Crippen LogP contribution < -0.4 is 5.73 Å². The molecule has 6 heteroatoms. The monoisotopic (exact) mass is 270 g/mol. The molecule has 0 aliphatic rings. The van der Waals surface area contributed by atoms with Crippen LogP contribution in [-0.4, -0.2) is 24.5 Å². The van der Waals surface area contributed by atoms with Crippen molar-refractivity contribution >= 4 is 33.5 Å². The molecule has 3 aromatic rings. The lowest BCUT2D eigenvalue weighted by atomic mass is 10.1. The first-order chi connectivity index (χ1) is 9.29. The fraction of sp³-hybridized carbons (Fsp3) is 0. The molecular weight excluding hydrogens is 260 g/mol. The molecule has 0 spiro atoms. The normalized spacial score (nSPS) is 10.5. The summed E-state index contributed by atoms with van der Waals surface area (Å²) in [5, 5.41) is 1.44. The van der Waals surface area contributed by atoms with Gasteiger partial charge in [-0.05, 0) is 18.2 Å². The largest absolute Gasteiger partial charge is 0.383 e. The number of fused-ring (bicyclic) bond motifs is 1. The Morgan fingerprint density at radius 2 is 2.11 bits per heavy atom. The molecule has 3 N–H and O–H groups in total. The number of aromatic nitrogens is 3. The van der Waals surface area contributed by atoms with Crippen LogP contribution in [0.3, 0.4) is 0 Å². The number of benzene rings is 1. The summed E-state index contributed by atoms with van der Waals surface area (Å²) in [6.45, 7) is 0. The number of pyridine rings is 1. The number of hydrogen-bond donors (Lipinski definition) is 2. The highest BCUT2D eigenvalue weighted by Crippen LogP contribution is 2.24. The van der Waals surface area contributed by atoms with Gasteiger partial charge in [-0.3, -0.25) is 0 Å². The number of imidazole rings is 1. The molecule has 94 valence electrons. The zero-order valence-corrected chi connectivity index (χ0v) is 10.6. The van der Waals surface area contributed by atoms with Gasteiger partial charge >= 0.3 is 0 Å². The maximum atomic E-state index is 10.8. The van der Waals surface area contributed by atoms with Gasteiger partial charge in [0.15, 0.2) is 0 Å². The Morgan fingerprint density at radius 1 is 1.26 bits per heavy atom. The minimum atomic E-state index is 0.321. The molecule has 0 atom stereocenters. The fourth-order valence-electron chi connectivity index (χ4n) is 1.95. The van der Waals surface area contributed by atoms with E-state index in [-0.39, 0.29) is 0 Å². The Bertz CT molecular complexity index is 772. The van der Waals surface area contributed by atoms with Gasteiger partial charge in [0.1, 0.15) is 11.6 Å². The fourth-order valence-corrected chi connectivity index (χ4v) is 2.29. The maximum absolute atomic E-state index is 10.8. The quantitative estimate of drug-likeness (QED) is 0.692. The van der Waals surface area contributed by atoms with Crippen LogP contribution in [0, 0.1) is 0 Å². The van der Waals surface area contributed by atoms with Gasteiger partial charge in [-0.2, -0.15) is 0 Å². The number of rotatable bonds is 2. The molecule has 1 aromatic carbocycles. The average molecular weight is 270 g/mol. The molecule has 0 aliphatic heterocycles. The number of hydrogen-bond acceptors (Lipinski definition) is 4. The first kappa shape index (κ1) is 11.6. The molecule has 0 saturated carbocycles. The zero-order chi connectivity index (χ0) is 13.2. The van der Waals surface area contributed by atoms with Gasteiger partial charge in [0.05, 0.1) is 22.3 Å². The molecule has 0 unspecified atom stereocenters. The van der Waals surface area contributed by atoms with Crippen molar-refractivity contribution in [2.24, 2.45) is 0 Å². The number of nitrogens with one attached hydrogen (secondary N) is 1. The second-order valence-electron chi connectivity index (χ2n) is 3.97. The van der Waals surface area contributed by atoms with Gasteiger partial charge in [-0.15, -0.1) is 0 Å². The zero-order valence-electron chi connectivity index (χ0n) is 9.83. The van der Waals surface area contributed by atoms with E-state index in [0.29, 0.717) is 28.5 Å². The first-order valence-electron chi connectivity index (χ1n) is 5.61. The summed E-state index contributed by atoms with van der Waals surface area (Å²) in [7, 11) is 0. The van der Waals surface area contributed by atoms with E-state index in [9.17, 15) is 4.21 Å². The summed E-state index contributed by atoms with van der Waals surface area (Å²) in [4.78, 5) is 11.7. The van der Waals surface area contributed by atoms with E-state index < -0.39 is 0 Å². The highest BCUT2D eigenvalue weighted by molar-refractivity contribution is 7.65. The van der Waals surface area contributed by atoms with E-state index in [1.54, 1.807) is 12.3 Å². The van der Waals surface area contributed by atoms with Crippen molar-refractivity contribution in [3.05, 3.63) is 42.1 Å². The van der Waals surface area contributed by atoms with Crippen molar-refractivity contribution in [1.82, 2.24) is 15.0 Å². The molecule has 2 heterocycles. The van der Waals surface area contributed by atoms with Crippen LogP contribution in [-0.2, 0) is 11.3 Å². The summed E-state index contributed by atoms with van der Waals surface area (Å²) < 4.78 is 10.8. The third-order valence-electron chi connectivity index (χ3n) is 2.83. The molecule has 0 fully saturated rings. The number of anilines is 1. The highest BCUT2D eigenvalue weighted by atomic mass is 32.1. The third kappa shape index (κ3) is 2.02. The van der Waals surface area contributed by atoms with Crippen molar-refractivity contribution in [3.8, 4) is 11.4 Å². The number of nitrogens with zero attached hydrogens (tertiary/aromatic N) is 2. The average Bonchev–Trinajstić information content (AvgIpc) is 2.85. The van der Waals surface area contributed by atoms with Crippen LogP contribution in [0.4, 0.5) is 5.82 Å². The SMILES string of the molecule is Nc1nccc(-c2nc3ccccc3[nH]2)c1C=S=O. The van der Waals surface area contributed by atoms with Crippen molar-refractivity contribution in [1.29, 1.82) is 0 Å². The van der Waals surface area contributed by atoms with Gasteiger partial charge in [0.25, 0.3) is 0 Å². The Balaban J connectivity index is 2.26. The lowest BCUT2D eigenvalue weighted by Gasteiger charge is -2.03. The Kier molecular flexibility index (Phi) is 2.85. The van der Waals surface area contributed by atoms with Crippen LogP contribution in [0.2, 0.25) is 0 Å². The van der Waals surface area contributed by atoms with Crippen LogP contribution >= 0.6 is 0 Å². The first-order valence-corrected chi connectivity index (χ1v) is 6.41. The maximum Gasteiger partial charge on any atom is 0.139 e. The molecule has 0 amide bonds. The molecule has 0 bridgehead atoms. The summed E-state index contributed by atoms with van der Waals surface area (Å²) in [6.07, 6.45) is 1.60. The molecule has 2 aromatic heterocycles. The second-order valence-corrected chi connectivity index (χ2v) is 4.40. The predicted molar refractivity (Wildman–Crippen MR) is 77.0 cm³/mol. The molecule has 0 saturated heterocycles. The van der Waals surface area contributed by atoms with Crippen molar-refractivity contribution in [3.63, 3.8) is 0 Å².